The molecule has 0 spiro atoms. The van der Waals surface area contributed by atoms with Crippen LogP contribution in [0.1, 0.15) is 119 Å². The summed E-state index contributed by atoms with van der Waals surface area (Å²) < 4.78 is 61.4. The zero-order chi connectivity index (χ0) is 47.2. The van der Waals surface area contributed by atoms with Gasteiger partial charge < -0.3 is 88.2 Å². The molecule has 25 atom stereocenters. The summed E-state index contributed by atoms with van der Waals surface area (Å²) >= 11 is 0. The Kier molecular flexibility index (Phi) is 14.5. The topological polar surface area (TPSA) is 254 Å². The first-order chi connectivity index (χ1) is 30.5. The smallest absolute Gasteiger partial charge is 0.161 e. The summed E-state index contributed by atoms with van der Waals surface area (Å²) in [4.78, 5) is 0. The van der Waals surface area contributed by atoms with Crippen LogP contribution >= 0.6 is 0 Å². The molecule has 7 fully saturated rings. The first kappa shape index (κ1) is 50.4. The van der Waals surface area contributed by atoms with E-state index in [2.05, 4.69) is 6.92 Å². The lowest BCUT2D eigenvalue weighted by molar-refractivity contribution is -0.346. The van der Waals surface area contributed by atoms with Gasteiger partial charge in [0.25, 0.3) is 0 Å². The van der Waals surface area contributed by atoms with Gasteiger partial charge in [-0.2, -0.15) is 0 Å². The fourth-order valence-electron chi connectivity index (χ4n) is 13.7. The van der Waals surface area contributed by atoms with Crippen molar-refractivity contribution in [3.05, 3.63) is 11.6 Å². The van der Waals surface area contributed by atoms with E-state index in [9.17, 15) is 40.9 Å². The molecule has 0 aromatic heterocycles. The van der Waals surface area contributed by atoms with Crippen LogP contribution in [-0.4, -0.2) is 189 Å². The van der Waals surface area contributed by atoms with Crippen molar-refractivity contribution in [2.24, 2.45) is 16.7 Å². The number of ether oxygens (including phenoxy) is 10. The predicted octanol–water partition coefficient (Wildman–Crippen LogP) is 1.45. The molecule has 0 radical (unpaired) electrons. The van der Waals surface area contributed by atoms with Crippen molar-refractivity contribution in [2.75, 3.05) is 14.2 Å². The first-order valence-corrected chi connectivity index (χ1v) is 24.1. The van der Waals surface area contributed by atoms with Crippen LogP contribution in [0.5, 0.6) is 0 Å². The van der Waals surface area contributed by atoms with Crippen LogP contribution in [0.4, 0.5) is 0 Å². The van der Waals surface area contributed by atoms with Crippen molar-refractivity contribution >= 4 is 0 Å². The lowest BCUT2D eigenvalue weighted by Crippen LogP contribution is -2.78. The number of fused-ring (bicyclic) bond motifs is 5. The van der Waals surface area contributed by atoms with E-state index in [1.807, 2.05) is 19.9 Å². The maximum atomic E-state index is 12.5. The summed E-state index contributed by atoms with van der Waals surface area (Å²) in [5.41, 5.74) is -6.21. The molecule has 0 aromatic rings. The van der Waals surface area contributed by atoms with Crippen LogP contribution < -0.4 is 0 Å². The third-order valence-corrected chi connectivity index (χ3v) is 17.8. The Balaban J connectivity index is 0.828. The van der Waals surface area contributed by atoms with Crippen molar-refractivity contribution in [2.45, 2.75) is 253 Å². The Hall–Kier alpha value is -0.980. The average Bonchev–Trinajstić information content (AvgIpc) is 3.48. The Morgan fingerprint density at radius 3 is 1.71 bits per heavy atom. The molecule has 4 aliphatic heterocycles. The molecular formula is C47H78O18. The molecule has 18 heteroatoms. The van der Waals surface area contributed by atoms with E-state index in [0.717, 1.165) is 5.57 Å². The average molecular weight is 931 g/mol. The Morgan fingerprint density at radius 2 is 1.15 bits per heavy atom. The van der Waals surface area contributed by atoms with Crippen LogP contribution in [0.3, 0.4) is 0 Å². The summed E-state index contributed by atoms with van der Waals surface area (Å²) in [5.74, 6) is -0.491. The van der Waals surface area contributed by atoms with Crippen LogP contribution in [-0.2, 0) is 47.4 Å². The van der Waals surface area contributed by atoms with Gasteiger partial charge in [-0.05, 0) is 85.0 Å². The highest BCUT2D eigenvalue weighted by atomic mass is 16.8. The van der Waals surface area contributed by atoms with Crippen LogP contribution in [0.25, 0.3) is 0 Å². The molecule has 0 bridgehead atoms. The van der Waals surface area contributed by atoms with Crippen molar-refractivity contribution in [1.29, 1.82) is 0 Å². The van der Waals surface area contributed by atoms with Gasteiger partial charge in [-0.15, -0.1) is 0 Å². The second kappa shape index (κ2) is 18.6. The van der Waals surface area contributed by atoms with Gasteiger partial charge in [-0.3, -0.25) is 0 Å². The third-order valence-electron chi connectivity index (χ3n) is 17.8. The molecule has 3 saturated carbocycles. The quantitative estimate of drug-likeness (QED) is 0.137. The number of aliphatic hydroxyl groups excluding tert-OH is 5. The molecule has 18 nitrogen and oxygen atoms in total. The number of hydrogen-bond donors (Lipinski definition) is 8. The van der Waals surface area contributed by atoms with Gasteiger partial charge in [0, 0.05) is 45.8 Å². The summed E-state index contributed by atoms with van der Waals surface area (Å²) in [6, 6.07) is 0. The van der Waals surface area contributed by atoms with Crippen molar-refractivity contribution in [1.82, 2.24) is 0 Å². The van der Waals surface area contributed by atoms with Gasteiger partial charge in [0.1, 0.15) is 41.2 Å². The normalized spacial score (nSPS) is 55.4. The van der Waals surface area contributed by atoms with Gasteiger partial charge in [0.2, 0.25) is 0 Å². The summed E-state index contributed by atoms with van der Waals surface area (Å²) in [6.45, 7) is 12.4. The maximum absolute atomic E-state index is 12.5. The fourth-order valence-corrected chi connectivity index (χ4v) is 13.7. The highest BCUT2D eigenvalue weighted by molar-refractivity contribution is 5.36. The van der Waals surface area contributed by atoms with Crippen molar-refractivity contribution in [3.63, 3.8) is 0 Å². The van der Waals surface area contributed by atoms with E-state index in [4.69, 9.17) is 47.4 Å². The molecule has 8 rings (SSSR count). The SMILES string of the molecule is CO[C@@H]1C[C@H](O[C@H]2[C@H](O)C[C@H](O[C@@H]3[C@@H](C)O[C@@H](O[C@H]4[C@@H](O)C[C@H](O[C@H]5CC[C@@]6(C)C(=CC[C@]7(O)[C@@H]6C[C@@H](O)[C@@]6(C)[C@]7(O)CC[C@@]6(O)[C@@H](C)O)C5)O[C@@H]4C)C[C@H]3OC)O[C@@H]2C)O[C@H](C)[C@H]1O. The molecule has 4 saturated heterocycles. The predicted molar refractivity (Wildman–Crippen MR) is 228 cm³/mol. The molecule has 374 valence electrons. The van der Waals surface area contributed by atoms with Crippen LogP contribution in [0.2, 0.25) is 0 Å². The minimum Gasteiger partial charge on any atom is -0.392 e. The van der Waals surface area contributed by atoms with E-state index in [1.165, 1.54) is 14.0 Å². The Labute approximate surface area is 382 Å². The van der Waals surface area contributed by atoms with Gasteiger partial charge in [-0.25, -0.2) is 0 Å². The third kappa shape index (κ3) is 8.41. The van der Waals surface area contributed by atoms with Crippen molar-refractivity contribution < 1.29 is 88.2 Å². The maximum Gasteiger partial charge on any atom is 0.161 e. The lowest BCUT2D eigenvalue weighted by atomic mass is 9.42. The lowest BCUT2D eigenvalue weighted by Gasteiger charge is -2.67. The van der Waals surface area contributed by atoms with Gasteiger partial charge in [-0.1, -0.05) is 25.5 Å². The number of hydrogen-bond acceptors (Lipinski definition) is 18. The van der Waals surface area contributed by atoms with E-state index >= 15 is 0 Å². The first-order valence-electron chi connectivity index (χ1n) is 24.1. The largest absolute Gasteiger partial charge is 0.392 e. The summed E-state index contributed by atoms with van der Waals surface area (Å²) in [5, 5.41) is 91.9. The molecule has 0 amide bonds. The second-order valence-corrected chi connectivity index (χ2v) is 21.2. The van der Waals surface area contributed by atoms with Crippen molar-refractivity contribution in [3.8, 4) is 0 Å². The Morgan fingerprint density at radius 1 is 0.646 bits per heavy atom. The second-order valence-electron chi connectivity index (χ2n) is 21.2. The van der Waals surface area contributed by atoms with E-state index in [0.29, 0.717) is 32.1 Å². The minimum atomic E-state index is -1.82. The molecule has 65 heavy (non-hydrogen) atoms. The van der Waals surface area contributed by atoms with E-state index in [-0.39, 0.29) is 44.6 Å². The molecule has 8 aliphatic rings. The molecule has 0 unspecified atom stereocenters. The Bertz CT molecular complexity index is 1660. The number of aliphatic hydroxyl groups is 8. The fraction of sp³-hybridized carbons (Fsp3) is 0.957. The van der Waals surface area contributed by atoms with E-state index in [1.54, 1.807) is 27.9 Å². The zero-order valence-electron chi connectivity index (χ0n) is 39.6. The standard InChI is InChI=1S/C47H78O18/c1-22-39(52)31(56-8)19-37(58-22)63-41-24(3)60-36(18-30(41)50)65-42-25(4)61-38(20-32(42)57-9)64-40-23(2)59-35(17-29(40)49)62-28-11-12-43(6)27(16-28)10-13-46(54)33(43)21-34(51)44(7)45(53,26(5)48)14-15-47(44,46)55/h10,22-26,28-42,48-55H,11-21H2,1-9H3/t22-,23-,24-,25-,26-,28+,29+,30-,31-,32-,33-,34-,35+,36+,37+,38+,39-,40-,41-,42-,43+,44-,45-,46+,47-/m1/s1. The highest BCUT2D eigenvalue weighted by Gasteiger charge is 2.80. The number of rotatable bonds is 11. The van der Waals surface area contributed by atoms with Crippen LogP contribution in [0, 0.1) is 16.7 Å². The van der Waals surface area contributed by atoms with Gasteiger partial charge >= 0.3 is 0 Å². The molecule has 4 heterocycles. The van der Waals surface area contributed by atoms with Crippen LogP contribution in [0.15, 0.2) is 11.6 Å². The van der Waals surface area contributed by atoms with E-state index < -0.39 is 144 Å². The summed E-state index contributed by atoms with van der Waals surface area (Å²) in [7, 11) is 3.11. The molecule has 8 N–H and O–H groups in total. The minimum absolute atomic E-state index is 0.0541. The molecule has 4 aliphatic carbocycles. The molecular weight excluding hydrogens is 852 g/mol. The molecule has 0 aromatic carbocycles. The monoisotopic (exact) mass is 931 g/mol. The zero-order valence-corrected chi connectivity index (χ0v) is 39.6. The van der Waals surface area contributed by atoms with Gasteiger partial charge in [0.05, 0.1) is 72.6 Å². The highest BCUT2D eigenvalue weighted by Crippen LogP contribution is 2.70. The summed E-state index contributed by atoms with van der Waals surface area (Å²) in [6.07, 6.45) is -8.06. The number of methoxy groups -OCH3 is 2. The van der Waals surface area contributed by atoms with Gasteiger partial charge in [0.15, 0.2) is 25.2 Å².